The Balaban J connectivity index is 1.38. The smallest absolute Gasteiger partial charge is 0.311 e. The molecule has 42 heavy (non-hydrogen) atoms. The summed E-state index contributed by atoms with van der Waals surface area (Å²) in [5.74, 6) is 0.480. The predicted octanol–water partition coefficient (Wildman–Crippen LogP) is 8.14. The Kier molecular flexibility index (Phi) is 7.38. The molecule has 12 heteroatoms. The molecule has 0 bridgehead atoms. The number of benzene rings is 4. The van der Waals surface area contributed by atoms with Crippen molar-refractivity contribution in [3.63, 3.8) is 0 Å². The van der Waals surface area contributed by atoms with Gasteiger partial charge < -0.3 is 9.15 Å². The minimum absolute atomic E-state index is 0.00545. The van der Waals surface area contributed by atoms with Gasteiger partial charge in [0, 0.05) is 37.6 Å². The number of nitro groups is 1. The Morgan fingerprint density at radius 2 is 1.76 bits per heavy atom. The molecule has 0 saturated heterocycles. The number of fused-ring (bicyclic) bond motifs is 2. The maximum Gasteiger partial charge on any atom is 0.311 e. The zero-order chi connectivity index (χ0) is 29.4. The van der Waals surface area contributed by atoms with E-state index in [1.54, 1.807) is 72.8 Å². The van der Waals surface area contributed by atoms with Crippen LogP contribution in [-0.2, 0) is 6.61 Å². The van der Waals surface area contributed by atoms with Crippen LogP contribution < -0.4 is 10.3 Å². The first-order chi connectivity index (χ1) is 20.3. The van der Waals surface area contributed by atoms with Crippen molar-refractivity contribution in [3.05, 3.63) is 132 Å². The fourth-order valence-corrected chi connectivity index (χ4v) is 4.96. The van der Waals surface area contributed by atoms with E-state index in [1.165, 1.54) is 18.3 Å². The van der Waals surface area contributed by atoms with E-state index in [0.717, 1.165) is 10.1 Å². The average Bonchev–Trinajstić information content (AvgIpc) is 3.39. The van der Waals surface area contributed by atoms with E-state index in [4.69, 9.17) is 44.0 Å². The molecule has 0 aliphatic carbocycles. The van der Waals surface area contributed by atoms with Gasteiger partial charge in [0.1, 0.15) is 12.2 Å². The van der Waals surface area contributed by atoms with Gasteiger partial charge in [-0.1, -0.05) is 53.0 Å². The number of para-hydroxylation sites is 1. The highest BCUT2D eigenvalue weighted by atomic mass is 35.5. The van der Waals surface area contributed by atoms with Crippen LogP contribution >= 0.6 is 34.8 Å². The molecule has 2 heterocycles. The van der Waals surface area contributed by atoms with Gasteiger partial charge in [-0.15, -0.1) is 0 Å². The minimum Gasteiger partial charge on any atom is -0.482 e. The third-order valence-corrected chi connectivity index (χ3v) is 7.17. The maximum absolute atomic E-state index is 13.5. The zero-order valence-corrected chi connectivity index (χ0v) is 23.6. The van der Waals surface area contributed by atoms with Crippen LogP contribution in [0.15, 0.2) is 99.2 Å². The highest BCUT2D eigenvalue weighted by molar-refractivity contribution is 6.35. The van der Waals surface area contributed by atoms with Gasteiger partial charge in [0.15, 0.2) is 11.5 Å². The standard InChI is InChI=1S/C30H17Cl3N4O5/c31-20-8-10-26-19(12-20)13-28(42-26)29-35-24-4-2-1-3-22(24)30(38)36(29)34-15-17-5-9-27(25(11-17)37(39)40)41-16-18-6-7-21(32)14-23(18)33/h1-15H,16H2. The third-order valence-electron chi connectivity index (χ3n) is 6.35. The molecular formula is C30H17Cl3N4O5. The second-order valence-electron chi connectivity index (χ2n) is 9.12. The molecule has 208 valence electrons. The summed E-state index contributed by atoms with van der Waals surface area (Å²) in [5.41, 5.74) is 1.24. The predicted molar refractivity (Wildman–Crippen MR) is 163 cm³/mol. The van der Waals surface area contributed by atoms with Crippen LogP contribution in [0.5, 0.6) is 5.75 Å². The lowest BCUT2D eigenvalue weighted by Gasteiger charge is -2.09. The Hall–Kier alpha value is -4.70. The molecule has 0 saturated carbocycles. The number of hydrogen-bond donors (Lipinski definition) is 0. The minimum atomic E-state index is -0.565. The van der Waals surface area contributed by atoms with Crippen LogP contribution in [0, 0.1) is 10.1 Å². The molecule has 6 rings (SSSR count). The molecule has 6 aromatic rings. The van der Waals surface area contributed by atoms with Crippen LogP contribution in [0.2, 0.25) is 15.1 Å². The number of furan rings is 1. The van der Waals surface area contributed by atoms with Gasteiger partial charge >= 0.3 is 5.69 Å². The van der Waals surface area contributed by atoms with Crippen molar-refractivity contribution >= 4 is 68.6 Å². The first kappa shape index (κ1) is 27.5. The van der Waals surface area contributed by atoms with E-state index in [0.29, 0.717) is 48.4 Å². The van der Waals surface area contributed by atoms with Crippen molar-refractivity contribution in [2.75, 3.05) is 0 Å². The quantitative estimate of drug-likeness (QED) is 0.101. The van der Waals surface area contributed by atoms with E-state index < -0.39 is 10.5 Å². The van der Waals surface area contributed by atoms with E-state index >= 15 is 0 Å². The van der Waals surface area contributed by atoms with Crippen molar-refractivity contribution in [1.82, 2.24) is 9.66 Å². The molecule has 0 atom stereocenters. The third kappa shape index (κ3) is 5.45. The van der Waals surface area contributed by atoms with Gasteiger partial charge in [-0.05, 0) is 60.7 Å². The molecule has 0 radical (unpaired) electrons. The molecular weight excluding hydrogens is 603 g/mol. The molecule has 2 aromatic heterocycles. The van der Waals surface area contributed by atoms with E-state index in [2.05, 4.69) is 10.1 Å². The van der Waals surface area contributed by atoms with Crippen molar-refractivity contribution in [3.8, 4) is 17.3 Å². The Morgan fingerprint density at radius 1 is 0.976 bits per heavy atom. The largest absolute Gasteiger partial charge is 0.482 e. The number of hydrogen-bond acceptors (Lipinski definition) is 7. The maximum atomic E-state index is 13.5. The van der Waals surface area contributed by atoms with Crippen LogP contribution in [0.25, 0.3) is 33.5 Å². The molecule has 0 fully saturated rings. The fourth-order valence-electron chi connectivity index (χ4n) is 4.31. The summed E-state index contributed by atoms with van der Waals surface area (Å²) in [6, 6.07) is 22.9. The molecule has 0 aliphatic heterocycles. The number of rotatable bonds is 7. The number of halogens is 3. The van der Waals surface area contributed by atoms with E-state index in [-0.39, 0.29) is 23.9 Å². The number of aromatic nitrogens is 2. The van der Waals surface area contributed by atoms with Crippen molar-refractivity contribution in [1.29, 1.82) is 0 Å². The average molecular weight is 620 g/mol. The summed E-state index contributed by atoms with van der Waals surface area (Å²) in [7, 11) is 0. The molecule has 0 amide bonds. The van der Waals surface area contributed by atoms with Gasteiger partial charge in [0.25, 0.3) is 5.56 Å². The lowest BCUT2D eigenvalue weighted by atomic mass is 10.2. The van der Waals surface area contributed by atoms with Gasteiger partial charge in [0.2, 0.25) is 5.82 Å². The monoisotopic (exact) mass is 618 g/mol. The summed E-state index contributed by atoms with van der Waals surface area (Å²) in [6.07, 6.45) is 1.33. The number of nitro benzene ring substituents is 1. The Labute approximate surface area is 252 Å². The second kappa shape index (κ2) is 11.3. The Morgan fingerprint density at radius 3 is 2.57 bits per heavy atom. The molecule has 0 spiro atoms. The SMILES string of the molecule is O=c1c2ccccc2nc(-c2cc3cc(Cl)ccc3o2)n1N=Cc1ccc(OCc2ccc(Cl)cc2Cl)c([N+](=O)[O-])c1. The summed E-state index contributed by atoms with van der Waals surface area (Å²) in [6.45, 7) is -0.00545. The first-order valence-corrected chi connectivity index (χ1v) is 13.5. The van der Waals surface area contributed by atoms with Crippen LogP contribution in [0.3, 0.4) is 0 Å². The first-order valence-electron chi connectivity index (χ1n) is 12.4. The Bertz CT molecular complexity index is 2110. The van der Waals surface area contributed by atoms with Crippen molar-refractivity contribution < 1.29 is 14.1 Å². The molecule has 4 aromatic carbocycles. The highest BCUT2D eigenvalue weighted by Gasteiger charge is 2.19. The van der Waals surface area contributed by atoms with Gasteiger partial charge in [-0.25, -0.2) is 4.98 Å². The lowest BCUT2D eigenvalue weighted by molar-refractivity contribution is -0.385. The van der Waals surface area contributed by atoms with Crippen molar-refractivity contribution in [2.24, 2.45) is 5.10 Å². The van der Waals surface area contributed by atoms with Crippen molar-refractivity contribution in [2.45, 2.75) is 6.61 Å². The summed E-state index contributed by atoms with van der Waals surface area (Å²) in [4.78, 5) is 29.5. The molecule has 0 unspecified atom stereocenters. The number of nitrogens with zero attached hydrogens (tertiary/aromatic N) is 4. The van der Waals surface area contributed by atoms with Gasteiger partial charge in [-0.3, -0.25) is 14.9 Å². The molecule has 0 aliphatic rings. The summed E-state index contributed by atoms with van der Waals surface area (Å²) < 4.78 is 12.8. The van der Waals surface area contributed by atoms with E-state index in [9.17, 15) is 14.9 Å². The summed E-state index contributed by atoms with van der Waals surface area (Å²) in [5, 5.41) is 18.7. The van der Waals surface area contributed by atoms with E-state index in [1.807, 2.05) is 0 Å². The number of ether oxygens (including phenoxy) is 1. The van der Waals surface area contributed by atoms with Crippen LogP contribution in [0.1, 0.15) is 11.1 Å². The topological polar surface area (TPSA) is 113 Å². The zero-order valence-electron chi connectivity index (χ0n) is 21.3. The second-order valence-corrected chi connectivity index (χ2v) is 10.4. The fraction of sp³-hybridized carbons (Fsp3) is 0.0333. The van der Waals surface area contributed by atoms with Crippen LogP contribution in [-0.4, -0.2) is 20.8 Å². The van der Waals surface area contributed by atoms with Gasteiger partial charge in [0.05, 0.1) is 22.0 Å². The molecule has 9 nitrogen and oxygen atoms in total. The van der Waals surface area contributed by atoms with Gasteiger partial charge in [-0.2, -0.15) is 9.78 Å². The highest BCUT2D eigenvalue weighted by Crippen LogP contribution is 2.31. The molecule has 0 N–H and O–H groups in total. The lowest BCUT2D eigenvalue weighted by Crippen LogP contribution is -2.20. The summed E-state index contributed by atoms with van der Waals surface area (Å²) >= 11 is 18.3. The van der Waals surface area contributed by atoms with Crippen LogP contribution in [0.4, 0.5) is 5.69 Å². The normalized spacial score (nSPS) is 11.5.